The molecule has 23 heavy (non-hydrogen) atoms. The molecule has 1 aromatic heterocycles. The monoisotopic (exact) mass is 315 g/mol. The maximum absolute atomic E-state index is 12.8. The number of carbonyl (C=O) groups excluding carboxylic acids is 1. The van der Waals surface area contributed by atoms with E-state index < -0.39 is 0 Å². The topological polar surface area (TPSA) is 88.6 Å². The normalized spacial score (nSPS) is 14.2. The average Bonchev–Trinajstić information content (AvgIpc) is 3.37. The Morgan fingerprint density at radius 2 is 2.17 bits per heavy atom. The van der Waals surface area contributed by atoms with Gasteiger partial charge in [0.15, 0.2) is 0 Å². The van der Waals surface area contributed by atoms with Gasteiger partial charge in [0.1, 0.15) is 5.56 Å². The summed E-state index contributed by atoms with van der Waals surface area (Å²) in [4.78, 5) is 27.0. The largest absolute Gasteiger partial charge is 0.398 e. The fraction of sp³-hybridized carbons (Fsp3) is 0.412. The number of aliphatic hydroxyl groups is 1. The van der Waals surface area contributed by atoms with Gasteiger partial charge in [-0.15, -0.1) is 0 Å². The third kappa shape index (κ3) is 2.70. The minimum atomic E-state index is -0.355. The molecule has 1 amide bonds. The third-order valence-corrected chi connectivity index (χ3v) is 4.30. The number of pyridine rings is 1. The van der Waals surface area contributed by atoms with Crippen molar-refractivity contribution in [2.75, 3.05) is 25.4 Å². The van der Waals surface area contributed by atoms with Crippen LogP contribution in [0.1, 0.15) is 36.2 Å². The molecule has 2 aromatic rings. The Morgan fingerprint density at radius 1 is 1.43 bits per heavy atom. The predicted octanol–water partition coefficient (Wildman–Crippen LogP) is 1.37. The van der Waals surface area contributed by atoms with Crippen molar-refractivity contribution in [2.45, 2.75) is 25.8 Å². The first-order chi connectivity index (χ1) is 11.1. The van der Waals surface area contributed by atoms with Gasteiger partial charge in [0.25, 0.3) is 5.91 Å². The molecule has 0 saturated heterocycles. The summed E-state index contributed by atoms with van der Waals surface area (Å²) in [7, 11) is 0. The molecule has 1 saturated carbocycles. The Bertz CT molecular complexity index is 809. The Hall–Kier alpha value is -2.34. The molecule has 1 heterocycles. The Kier molecular flexibility index (Phi) is 4.09. The first-order valence-corrected chi connectivity index (χ1v) is 7.92. The van der Waals surface area contributed by atoms with Gasteiger partial charge in [-0.25, -0.2) is 0 Å². The van der Waals surface area contributed by atoms with Crippen molar-refractivity contribution >= 4 is 22.5 Å². The lowest BCUT2D eigenvalue weighted by molar-refractivity contribution is 0.0730. The van der Waals surface area contributed by atoms with Gasteiger partial charge in [-0.2, -0.15) is 0 Å². The zero-order valence-corrected chi connectivity index (χ0v) is 13.2. The van der Waals surface area contributed by atoms with Crippen LogP contribution in [0.3, 0.4) is 0 Å². The van der Waals surface area contributed by atoms with E-state index in [0.29, 0.717) is 23.7 Å². The number of benzene rings is 1. The van der Waals surface area contributed by atoms with Crippen molar-refractivity contribution in [3.63, 3.8) is 0 Å². The van der Waals surface area contributed by atoms with Crippen LogP contribution in [-0.4, -0.2) is 40.2 Å². The molecule has 6 heteroatoms. The number of amides is 1. The van der Waals surface area contributed by atoms with Crippen LogP contribution < -0.4 is 11.2 Å². The number of carbonyl (C=O) groups is 1. The SMILES string of the molecule is CCN(CCO)C(=O)c1cn(C2CC2)c2cccc(N)c2c1=O. The molecule has 6 nitrogen and oxygen atoms in total. The first-order valence-electron chi connectivity index (χ1n) is 7.92. The smallest absolute Gasteiger partial charge is 0.259 e. The summed E-state index contributed by atoms with van der Waals surface area (Å²) in [5, 5.41) is 9.51. The fourth-order valence-electron chi connectivity index (χ4n) is 2.92. The van der Waals surface area contributed by atoms with Crippen LogP contribution in [0.25, 0.3) is 10.9 Å². The molecule has 0 aliphatic heterocycles. The summed E-state index contributed by atoms with van der Waals surface area (Å²) < 4.78 is 1.99. The van der Waals surface area contributed by atoms with Gasteiger partial charge in [-0.3, -0.25) is 9.59 Å². The van der Waals surface area contributed by atoms with Crippen molar-refractivity contribution in [2.24, 2.45) is 0 Å². The highest BCUT2D eigenvalue weighted by Gasteiger charge is 2.28. The van der Waals surface area contributed by atoms with Crippen molar-refractivity contribution in [1.29, 1.82) is 0 Å². The molecule has 3 N–H and O–H groups in total. The second-order valence-corrected chi connectivity index (χ2v) is 5.86. The second kappa shape index (κ2) is 6.04. The molecule has 0 atom stereocenters. The summed E-state index contributed by atoms with van der Waals surface area (Å²) in [5.74, 6) is -0.355. The lowest BCUT2D eigenvalue weighted by Crippen LogP contribution is -2.36. The minimum Gasteiger partial charge on any atom is -0.398 e. The number of nitrogens with zero attached hydrogens (tertiary/aromatic N) is 2. The van der Waals surface area contributed by atoms with E-state index in [0.717, 1.165) is 18.4 Å². The van der Waals surface area contributed by atoms with Gasteiger partial charge < -0.3 is 20.3 Å². The number of fused-ring (bicyclic) bond motifs is 1. The average molecular weight is 315 g/mol. The van der Waals surface area contributed by atoms with Crippen LogP contribution in [0.5, 0.6) is 0 Å². The van der Waals surface area contributed by atoms with Crippen molar-refractivity contribution < 1.29 is 9.90 Å². The van der Waals surface area contributed by atoms with Crippen LogP contribution in [0.4, 0.5) is 5.69 Å². The van der Waals surface area contributed by atoms with Crippen LogP contribution in [0.15, 0.2) is 29.2 Å². The van der Waals surface area contributed by atoms with E-state index in [1.807, 2.05) is 23.6 Å². The number of nitrogen functional groups attached to an aromatic ring is 1. The standard InChI is InChI=1S/C17H21N3O3/c1-2-19(8-9-21)17(23)12-10-20(11-6-7-11)14-5-3-4-13(18)15(14)16(12)22/h3-5,10-11,21H,2,6-9,18H2,1H3. The molecular weight excluding hydrogens is 294 g/mol. The van der Waals surface area contributed by atoms with Crippen LogP contribution in [0.2, 0.25) is 0 Å². The summed E-state index contributed by atoms with van der Waals surface area (Å²) in [6, 6.07) is 5.69. The molecule has 0 bridgehead atoms. The summed E-state index contributed by atoms with van der Waals surface area (Å²) in [5.41, 5.74) is 6.96. The molecular formula is C17H21N3O3. The number of rotatable bonds is 5. The van der Waals surface area contributed by atoms with Crippen LogP contribution in [0, 0.1) is 0 Å². The van der Waals surface area contributed by atoms with Crippen LogP contribution in [-0.2, 0) is 0 Å². The Morgan fingerprint density at radius 3 is 2.78 bits per heavy atom. The molecule has 1 aliphatic rings. The number of aliphatic hydroxyl groups excluding tert-OH is 1. The molecule has 122 valence electrons. The predicted molar refractivity (Wildman–Crippen MR) is 89.6 cm³/mol. The quantitative estimate of drug-likeness (QED) is 0.816. The first kappa shape index (κ1) is 15.6. The van der Waals surface area contributed by atoms with Gasteiger partial charge in [0, 0.05) is 31.0 Å². The summed E-state index contributed by atoms with van der Waals surface area (Å²) in [6.07, 6.45) is 3.73. The molecule has 0 spiro atoms. The molecule has 1 aliphatic carbocycles. The van der Waals surface area contributed by atoms with Gasteiger partial charge in [-0.05, 0) is 31.9 Å². The van der Waals surface area contributed by atoms with Crippen molar-refractivity contribution in [3.8, 4) is 0 Å². The van der Waals surface area contributed by atoms with Gasteiger partial charge >= 0.3 is 0 Å². The number of anilines is 1. The van der Waals surface area contributed by atoms with Crippen molar-refractivity contribution in [3.05, 3.63) is 40.2 Å². The Balaban J connectivity index is 2.21. The molecule has 1 fully saturated rings. The van der Waals surface area contributed by atoms with Gasteiger partial charge in [-0.1, -0.05) is 6.07 Å². The maximum atomic E-state index is 12.8. The van der Waals surface area contributed by atoms with E-state index in [1.54, 1.807) is 12.3 Å². The summed E-state index contributed by atoms with van der Waals surface area (Å²) in [6.45, 7) is 2.33. The summed E-state index contributed by atoms with van der Waals surface area (Å²) >= 11 is 0. The van der Waals surface area contributed by atoms with E-state index in [9.17, 15) is 9.59 Å². The highest BCUT2D eigenvalue weighted by molar-refractivity contribution is 6.00. The van der Waals surface area contributed by atoms with E-state index in [4.69, 9.17) is 10.8 Å². The van der Waals surface area contributed by atoms with Gasteiger partial charge in [0.2, 0.25) is 5.43 Å². The van der Waals surface area contributed by atoms with E-state index in [2.05, 4.69) is 0 Å². The van der Waals surface area contributed by atoms with Gasteiger partial charge in [0.05, 0.1) is 17.5 Å². The zero-order valence-electron chi connectivity index (χ0n) is 13.2. The van der Waals surface area contributed by atoms with E-state index >= 15 is 0 Å². The number of nitrogens with two attached hydrogens (primary N) is 1. The highest BCUT2D eigenvalue weighted by Crippen LogP contribution is 2.37. The lowest BCUT2D eigenvalue weighted by atomic mass is 10.1. The highest BCUT2D eigenvalue weighted by atomic mass is 16.3. The number of likely N-dealkylation sites (N-methyl/N-ethyl adjacent to an activating group) is 1. The molecule has 0 radical (unpaired) electrons. The van der Waals surface area contributed by atoms with E-state index in [-0.39, 0.29) is 30.1 Å². The minimum absolute atomic E-state index is 0.123. The van der Waals surface area contributed by atoms with Crippen molar-refractivity contribution in [1.82, 2.24) is 9.47 Å². The number of hydrogen-bond donors (Lipinski definition) is 2. The van der Waals surface area contributed by atoms with E-state index in [1.165, 1.54) is 4.90 Å². The molecule has 1 aromatic carbocycles. The third-order valence-electron chi connectivity index (χ3n) is 4.30. The number of aromatic nitrogens is 1. The number of hydrogen-bond acceptors (Lipinski definition) is 4. The maximum Gasteiger partial charge on any atom is 0.259 e. The lowest BCUT2D eigenvalue weighted by Gasteiger charge is -2.21. The van der Waals surface area contributed by atoms with Crippen LogP contribution >= 0.6 is 0 Å². The molecule has 3 rings (SSSR count). The zero-order chi connectivity index (χ0) is 16.6. The fourth-order valence-corrected chi connectivity index (χ4v) is 2.92. The second-order valence-electron chi connectivity index (χ2n) is 5.86. The Labute approximate surface area is 134 Å². The molecule has 0 unspecified atom stereocenters.